The van der Waals surface area contributed by atoms with Gasteiger partial charge in [-0.25, -0.2) is 0 Å². The van der Waals surface area contributed by atoms with E-state index < -0.39 is 0 Å². The van der Waals surface area contributed by atoms with Crippen molar-refractivity contribution in [2.45, 2.75) is 41.0 Å². The van der Waals surface area contributed by atoms with Crippen molar-refractivity contribution in [3.63, 3.8) is 0 Å². The molecule has 0 atom stereocenters. The summed E-state index contributed by atoms with van der Waals surface area (Å²) in [6, 6.07) is 9.91. The molecule has 2 amide bonds. The number of hydrogen-bond donors (Lipinski definition) is 0. The SMILES string of the molecule is Cc1ccc(C(=O)N2CCCN(C(=O)COc3c(C)ccc(C)c3C)CC2)cc1C. The van der Waals surface area contributed by atoms with Gasteiger partial charge in [-0.1, -0.05) is 18.2 Å². The summed E-state index contributed by atoms with van der Waals surface area (Å²) in [4.78, 5) is 29.3. The fourth-order valence-electron chi connectivity index (χ4n) is 3.80. The molecule has 30 heavy (non-hydrogen) atoms. The molecular weight excluding hydrogens is 376 g/mol. The summed E-state index contributed by atoms with van der Waals surface area (Å²) < 4.78 is 5.90. The standard InChI is InChI=1S/C25H32N2O3/c1-17-9-10-22(15-20(17)4)25(29)27-12-6-11-26(13-14-27)23(28)16-30-24-19(3)8-7-18(2)21(24)5/h7-10,15H,6,11-14,16H2,1-5H3. The Hall–Kier alpha value is -2.82. The number of rotatable bonds is 4. The first kappa shape index (κ1) is 21.9. The lowest BCUT2D eigenvalue weighted by molar-refractivity contribution is -0.133. The van der Waals surface area contributed by atoms with Crippen LogP contribution in [-0.2, 0) is 4.79 Å². The van der Waals surface area contributed by atoms with Crippen LogP contribution in [0.1, 0.15) is 44.6 Å². The second-order valence-electron chi connectivity index (χ2n) is 8.27. The maximum atomic E-state index is 12.9. The van der Waals surface area contributed by atoms with Crippen molar-refractivity contribution in [3.8, 4) is 5.75 Å². The Morgan fingerprint density at radius 3 is 2.17 bits per heavy atom. The van der Waals surface area contributed by atoms with E-state index in [1.165, 1.54) is 5.56 Å². The third-order valence-corrected chi connectivity index (χ3v) is 6.10. The molecule has 1 fully saturated rings. The average Bonchev–Trinajstić information content (AvgIpc) is 2.98. The fraction of sp³-hybridized carbons (Fsp3) is 0.440. The normalized spacial score (nSPS) is 14.4. The monoisotopic (exact) mass is 408 g/mol. The van der Waals surface area contributed by atoms with Gasteiger partial charge in [0.25, 0.3) is 11.8 Å². The van der Waals surface area contributed by atoms with E-state index >= 15 is 0 Å². The van der Waals surface area contributed by atoms with Crippen molar-refractivity contribution in [2.75, 3.05) is 32.8 Å². The second kappa shape index (κ2) is 9.33. The molecule has 0 radical (unpaired) electrons. The Bertz CT molecular complexity index is 952. The van der Waals surface area contributed by atoms with Crippen LogP contribution in [0.5, 0.6) is 5.75 Å². The zero-order chi connectivity index (χ0) is 21.8. The van der Waals surface area contributed by atoms with Crippen molar-refractivity contribution >= 4 is 11.8 Å². The summed E-state index contributed by atoms with van der Waals surface area (Å²) in [5, 5.41) is 0. The maximum absolute atomic E-state index is 12.9. The summed E-state index contributed by atoms with van der Waals surface area (Å²) in [5.41, 5.74) is 6.27. The molecular formula is C25H32N2O3. The van der Waals surface area contributed by atoms with Crippen LogP contribution >= 0.6 is 0 Å². The van der Waals surface area contributed by atoms with Gasteiger partial charge < -0.3 is 14.5 Å². The van der Waals surface area contributed by atoms with Crippen LogP contribution in [0.3, 0.4) is 0 Å². The van der Waals surface area contributed by atoms with Gasteiger partial charge in [-0.2, -0.15) is 0 Å². The molecule has 1 saturated heterocycles. The highest BCUT2D eigenvalue weighted by Gasteiger charge is 2.23. The van der Waals surface area contributed by atoms with Crippen LogP contribution in [0.4, 0.5) is 0 Å². The molecule has 0 aromatic heterocycles. The van der Waals surface area contributed by atoms with Gasteiger partial charge in [0.2, 0.25) is 0 Å². The molecule has 160 valence electrons. The number of ether oxygens (including phenoxy) is 1. The van der Waals surface area contributed by atoms with Crippen LogP contribution < -0.4 is 4.74 Å². The Morgan fingerprint density at radius 2 is 1.43 bits per heavy atom. The molecule has 1 aliphatic rings. The molecule has 1 aliphatic heterocycles. The van der Waals surface area contributed by atoms with Crippen molar-refractivity contribution in [1.82, 2.24) is 9.80 Å². The van der Waals surface area contributed by atoms with Crippen molar-refractivity contribution in [1.29, 1.82) is 0 Å². The zero-order valence-electron chi connectivity index (χ0n) is 18.7. The van der Waals surface area contributed by atoms with E-state index in [9.17, 15) is 9.59 Å². The minimum atomic E-state index is -0.0317. The highest BCUT2D eigenvalue weighted by atomic mass is 16.5. The van der Waals surface area contributed by atoms with Gasteiger partial charge in [-0.3, -0.25) is 9.59 Å². The van der Waals surface area contributed by atoms with Gasteiger partial charge in [0.1, 0.15) is 5.75 Å². The molecule has 0 bridgehead atoms. The van der Waals surface area contributed by atoms with Crippen molar-refractivity contribution in [2.24, 2.45) is 0 Å². The number of hydrogen-bond acceptors (Lipinski definition) is 3. The first-order valence-corrected chi connectivity index (χ1v) is 10.6. The molecule has 0 spiro atoms. The van der Waals surface area contributed by atoms with E-state index in [1.807, 2.05) is 68.7 Å². The van der Waals surface area contributed by atoms with Gasteiger partial charge in [0.15, 0.2) is 6.61 Å². The minimum absolute atomic E-state index is 0.0240. The summed E-state index contributed by atoms with van der Waals surface area (Å²) in [6.45, 7) is 12.5. The third-order valence-electron chi connectivity index (χ3n) is 6.10. The molecule has 0 unspecified atom stereocenters. The molecule has 0 aliphatic carbocycles. The van der Waals surface area contributed by atoms with Gasteiger partial charge in [-0.15, -0.1) is 0 Å². The highest BCUT2D eigenvalue weighted by molar-refractivity contribution is 5.94. The zero-order valence-corrected chi connectivity index (χ0v) is 18.7. The van der Waals surface area contributed by atoms with Crippen LogP contribution in [-0.4, -0.2) is 54.4 Å². The number of amides is 2. The first-order chi connectivity index (χ1) is 14.3. The van der Waals surface area contributed by atoms with E-state index in [-0.39, 0.29) is 18.4 Å². The third kappa shape index (κ3) is 4.84. The molecule has 2 aromatic rings. The van der Waals surface area contributed by atoms with Gasteiger partial charge in [0.05, 0.1) is 0 Å². The Balaban J connectivity index is 1.59. The van der Waals surface area contributed by atoms with Crippen LogP contribution in [0, 0.1) is 34.6 Å². The van der Waals surface area contributed by atoms with Gasteiger partial charge >= 0.3 is 0 Å². The number of benzene rings is 2. The first-order valence-electron chi connectivity index (χ1n) is 10.6. The molecule has 3 rings (SSSR count). The molecule has 2 aromatic carbocycles. The predicted molar refractivity (Wildman–Crippen MR) is 119 cm³/mol. The van der Waals surface area contributed by atoms with E-state index in [2.05, 4.69) is 6.07 Å². The average molecular weight is 409 g/mol. The maximum Gasteiger partial charge on any atom is 0.260 e. The van der Waals surface area contributed by atoms with Crippen LogP contribution in [0.25, 0.3) is 0 Å². The summed E-state index contributed by atoms with van der Waals surface area (Å²) in [6.07, 6.45) is 0.769. The molecule has 0 saturated carbocycles. The topological polar surface area (TPSA) is 49.9 Å². The Morgan fingerprint density at radius 1 is 0.800 bits per heavy atom. The highest BCUT2D eigenvalue weighted by Crippen LogP contribution is 2.25. The Labute approximate surface area is 179 Å². The summed E-state index contributed by atoms with van der Waals surface area (Å²) >= 11 is 0. The summed E-state index contributed by atoms with van der Waals surface area (Å²) in [5.74, 6) is 0.801. The van der Waals surface area contributed by atoms with Gasteiger partial charge in [0, 0.05) is 31.7 Å². The smallest absolute Gasteiger partial charge is 0.260 e. The predicted octanol–water partition coefficient (Wildman–Crippen LogP) is 3.98. The second-order valence-corrected chi connectivity index (χ2v) is 8.27. The van der Waals surface area contributed by atoms with E-state index in [4.69, 9.17) is 4.74 Å². The minimum Gasteiger partial charge on any atom is -0.483 e. The number of carbonyl (C=O) groups excluding carboxylic acids is 2. The largest absolute Gasteiger partial charge is 0.483 e. The number of aryl methyl sites for hydroxylation is 4. The molecule has 5 nitrogen and oxygen atoms in total. The van der Waals surface area contributed by atoms with Gasteiger partial charge in [-0.05, 0) is 81.0 Å². The number of carbonyl (C=O) groups is 2. The quantitative estimate of drug-likeness (QED) is 0.769. The molecule has 5 heteroatoms. The molecule has 1 heterocycles. The number of nitrogens with zero attached hydrogens (tertiary/aromatic N) is 2. The van der Waals surface area contributed by atoms with Crippen molar-refractivity contribution in [3.05, 3.63) is 63.7 Å². The Kier molecular flexibility index (Phi) is 6.80. The van der Waals surface area contributed by atoms with Crippen LogP contribution in [0.2, 0.25) is 0 Å². The fourth-order valence-corrected chi connectivity index (χ4v) is 3.80. The van der Waals surface area contributed by atoms with E-state index in [1.54, 1.807) is 0 Å². The van der Waals surface area contributed by atoms with E-state index in [0.717, 1.165) is 34.4 Å². The lowest BCUT2D eigenvalue weighted by Crippen LogP contribution is -2.39. The van der Waals surface area contributed by atoms with Crippen LogP contribution in [0.15, 0.2) is 30.3 Å². The lowest BCUT2D eigenvalue weighted by Gasteiger charge is -2.23. The van der Waals surface area contributed by atoms with E-state index in [0.29, 0.717) is 31.7 Å². The molecule has 0 N–H and O–H groups in total. The lowest BCUT2D eigenvalue weighted by atomic mass is 10.1. The van der Waals surface area contributed by atoms with Crippen molar-refractivity contribution < 1.29 is 14.3 Å². The summed E-state index contributed by atoms with van der Waals surface area (Å²) in [7, 11) is 0.